The van der Waals surface area contributed by atoms with E-state index in [1.165, 1.54) is 0 Å². The van der Waals surface area contributed by atoms with E-state index in [9.17, 15) is 0 Å². The Balaban J connectivity index is 1.94. The van der Waals surface area contributed by atoms with Crippen molar-refractivity contribution in [2.45, 2.75) is 32.4 Å². The predicted molar refractivity (Wildman–Crippen MR) is 81.0 cm³/mol. The molecule has 0 aromatic heterocycles. The summed E-state index contributed by atoms with van der Waals surface area (Å²) in [5.74, 6) is 0.904. The molecule has 2 atom stereocenters. The average Bonchev–Trinajstić information content (AvgIpc) is 2.49. The maximum atomic E-state index is 6.34. The minimum absolute atomic E-state index is 0.0397. The lowest BCUT2D eigenvalue weighted by atomic mass is 10.1. The fourth-order valence-corrected chi connectivity index (χ4v) is 2.64. The van der Waals surface area contributed by atoms with E-state index in [1.54, 1.807) is 0 Å². The molecule has 0 radical (unpaired) electrons. The quantitative estimate of drug-likeness (QED) is 0.866. The van der Waals surface area contributed by atoms with Crippen LogP contribution in [-0.2, 0) is 4.74 Å². The van der Waals surface area contributed by atoms with Crippen molar-refractivity contribution >= 4 is 0 Å². The van der Waals surface area contributed by atoms with Crippen LogP contribution in [0.1, 0.15) is 31.9 Å². The minimum atomic E-state index is 0.0397. The van der Waals surface area contributed by atoms with E-state index in [4.69, 9.17) is 15.2 Å². The molecule has 4 heteroatoms. The van der Waals surface area contributed by atoms with Gasteiger partial charge in [0.15, 0.2) is 0 Å². The molecule has 0 aliphatic carbocycles. The van der Waals surface area contributed by atoms with E-state index in [1.807, 2.05) is 19.1 Å². The normalized spacial score (nSPS) is 21.6. The van der Waals surface area contributed by atoms with Crippen molar-refractivity contribution in [2.24, 2.45) is 5.73 Å². The number of morpholine rings is 1. The number of nitrogens with two attached hydrogens (primary N) is 1. The van der Waals surface area contributed by atoms with Gasteiger partial charge in [-0.25, -0.2) is 0 Å². The van der Waals surface area contributed by atoms with Crippen LogP contribution in [0.4, 0.5) is 0 Å². The van der Waals surface area contributed by atoms with Crippen molar-refractivity contribution in [1.29, 1.82) is 0 Å². The third kappa shape index (κ3) is 3.95. The van der Waals surface area contributed by atoms with Crippen molar-refractivity contribution in [2.75, 3.05) is 32.9 Å². The molecule has 1 aromatic carbocycles. The Morgan fingerprint density at radius 3 is 2.75 bits per heavy atom. The van der Waals surface area contributed by atoms with Gasteiger partial charge < -0.3 is 15.2 Å². The highest BCUT2D eigenvalue weighted by molar-refractivity contribution is 5.29. The number of benzene rings is 1. The lowest BCUT2D eigenvalue weighted by Gasteiger charge is -2.36. The molecule has 2 N–H and O–H groups in total. The van der Waals surface area contributed by atoms with E-state index in [2.05, 4.69) is 24.0 Å². The van der Waals surface area contributed by atoms with Crippen LogP contribution in [0.3, 0.4) is 0 Å². The van der Waals surface area contributed by atoms with Gasteiger partial charge in [0.25, 0.3) is 0 Å². The van der Waals surface area contributed by atoms with Gasteiger partial charge in [-0.05, 0) is 31.0 Å². The summed E-state index contributed by atoms with van der Waals surface area (Å²) in [5.41, 5.74) is 7.51. The summed E-state index contributed by atoms with van der Waals surface area (Å²) in [6.45, 7) is 8.38. The second kappa shape index (κ2) is 7.62. The van der Waals surface area contributed by atoms with Gasteiger partial charge in [0, 0.05) is 25.2 Å². The lowest BCUT2D eigenvalue weighted by Crippen LogP contribution is -2.47. The van der Waals surface area contributed by atoms with Crippen LogP contribution in [-0.4, -0.2) is 43.9 Å². The zero-order valence-corrected chi connectivity index (χ0v) is 12.5. The lowest BCUT2D eigenvalue weighted by molar-refractivity contribution is -0.0110. The maximum absolute atomic E-state index is 6.34. The zero-order chi connectivity index (χ0) is 14.4. The van der Waals surface area contributed by atoms with Crippen LogP contribution in [0.5, 0.6) is 5.75 Å². The summed E-state index contributed by atoms with van der Waals surface area (Å²) in [5, 5.41) is 0. The van der Waals surface area contributed by atoms with Crippen LogP contribution in [0.15, 0.2) is 24.3 Å². The van der Waals surface area contributed by atoms with E-state index in [0.717, 1.165) is 44.0 Å². The number of nitrogens with zero attached hydrogens (tertiary/aromatic N) is 1. The van der Waals surface area contributed by atoms with Crippen LogP contribution in [0, 0.1) is 0 Å². The molecule has 20 heavy (non-hydrogen) atoms. The predicted octanol–water partition coefficient (Wildman–Crippen LogP) is 2.20. The van der Waals surface area contributed by atoms with Gasteiger partial charge in [-0.1, -0.05) is 19.1 Å². The molecule has 1 aromatic rings. The Labute approximate surface area is 121 Å². The first-order valence-corrected chi connectivity index (χ1v) is 7.54. The van der Waals surface area contributed by atoms with E-state index in [0.29, 0.717) is 12.6 Å². The van der Waals surface area contributed by atoms with Crippen molar-refractivity contribution < 1.29 is 9.47 Å². The largest absolute Gasteiger partial charge is 0.494 e. The first-order chi connectivity index (χ1) is 9.74. The van der Waals surface area contributed by atoms with Gasteiger partial charge in [-0.2, -0.15) is 0 Å². The topological polar surface area (TPSA) is 47.7 Å². The Morgan fingerprint density at radius 1 is 1.35 bits per heavy atom. The fraction of sp³-hybridized carbons (Fsp3) is 0.625. The summed E-state index contributed by atoms with van der Waals surface area (Å²) in [7, 11) is 0. The molecule has 112 valence electrons. The highest BCUT2D eigenvalue weighted by atomic mass is 16.5. The second-order valence-electron chi connectivity index (χ2n) is 5.24. The summed E-state index contributed by atoms with van der Waals surface area (Å²) >= 11 is 0. The Kier molecular flexibility index (Phi) is 5.83. The molecule has 1 aliphatic rings. The Bertz CT molecular complexity index is 394. The SMILES string of the molecule is CCOc1ccc(C(N)CN2CCOCC2CC)cc1. The van der Waals surface area contributed by atoms with Crippen molar-refractivity contribution in [3.8, 4) is 5.75 Å². The Hall–Kier alpha value is -1.10. The highest BCUT2D eigenvalue weighted by Gasteiger charge is 2.23. The molecule has 1 heterocycles. The molecule has 2 rings (SSSR count). The van der Waals surface area contributed by atoms with Gasteiger partial charge in [-0.3, -0.25) is 4.90 Å². The molecular weight excluding hydrogens is 252 g/mol. The molecule has 0 saturated carbocycles. The zero-order valence-electron chi connectivity index (χ0n) is 12.5. The molecule has 0 amide bonds. The summed E-state index contributed by atoms with van der Waals surface area (Å²) in [6.07, 6.45) is 1.11. The molecule has 1 fully saturated rings. The first kappa shape index (κ1) is 15.3. The molecule has 1 saturated heterocycles. The van der Waals surface area contributed by atoms with E-state index < -0.39 is 0 Å². The van der Waals surface area contributed by atoms with E-state index >= 15 is 0 Å². The second-order valence-corrected chi connectivity index (χ2v) is 5.24. The van der Waals surface area contributed by atoms with Crippen LogP contribution < -0.4 is 10.5 Å². The van der Waals surface area contributed by atoms with Gasteiger partial charge in [0.05, 0.1) is 19.8 Å². The number of rotatable bonds is 6. The summed E-state index contributed by atoms with van der Waals surface area (Å²) in [4.78, 5) is 2.45. The number of hydrogen-bond donors (Lipinski definition) is 1. The highest BCUT2D eigenvalue weighted by Crippen LogP contribution is 2.19. The van der Waals surface area contributed by atoms with Crippen molar-refractivity contribution in [1.82, 2.24) is 4.90 Å². The van der Waals surface area contributed by atoms with Crippen molar-refractivity contribution in [3.05, 3.63) is 29.8 Å². The van der Waals surface area contributed by atoms with Crippen LogP contribution >= 0.6 is 0 Å². The number of hydrogen-bond acceptors (Lipinski definition) is 4. The van der Waals surface area contributed by atoms with Gasteiger partial charge in [-0.15, -0.1) is 0 Å². The van der Waals surface area contributed by atoms with E-state index in [-0.39, 0.29) is 6.04 Å². The number of ether oxygens (including phenoxy) is 2. The van der Waals surface area contributed by atoms with Gasteiger partial charge in [0.1, 0.15) is 5.75 Å². The van der Waals surface area contributed by atoms with Crippen LogP contribution in [0.25, 0.3) is 0 Å². The van der Waals surface area contributed by atoms with Crippen LogP contribution in [0.2, 0.25) is 0 Å². The molecule has 2 unspecified atom stereocenters. The molecule has 0 spiro atoms. The molecular formula is C16H26N2O2. The minimum Gasteiger partial charge on any atom is -0.494 e. The third-order valence-electron chi connectivity index (χ3n) is 3.87. The third-order valence-corrected chi connectivity index (χ3v) is 3.87. The Morgan fingerprint density at radius 2 is 2.10 bits per heavy atom. The van der Waals surface area contributed by atoms with Crippen molar-refractivity contribution in [3.63, 3.8) is 0 Å². The van der Waals surface area contributed by atoms with Gasteiger partial charge in [0.2, 0.25) is 0 Å². The first-order valence-electron chi connectivity index (χ1n) is 7.54. The summed E-state index contributed by atoms with van der Waals surface area (Å²) in [6, 6.07) is 8.66. The monoisotopic (exact) mass is 278 g/mol. The fourth-order valence-electron chi connectivity index (χ4n) is 2.64. The maximum Gasteiger partial charge on any atom is 0.119 e. The summed E-state index contributed by atoms with van der Waals surface area (Å²) < 4.78 is 11.0. The molecule has 4 nitrogen and oxygen atoms in total. The average molecular weight is 278 g/mol. The smallest absolute Gasteiger partial charge is 0.119 e. The van der Waals surface area contributed by atoms with Gasteiger partial charge >= 0.3 is 0 Å². The molecule has 0 bridgehead atoms. The molecule has 1 aliphatic heterocycles. The standard InChI is InChI=1S/C16H26N2O2/c1-3-14-12-19-10-9-18(14)11-16(17)13-5-7-15(8-6-13)20-4-2/h5-8,14,16H,3-4,9-12,17H2,1-2H3.